The van der Waals surface area contributed by atoms with Crippen molar-refractivity contribution < 1.29 is 14.8 Å². The predicted molar refractivity (Wildman–Crippen MR) is 65.5 cm³/mol. The summed E-state index contributed by atoms with van der Waals surface area (Å²) < 4.78 is 0. The average Bonchev–Trinajstić information content (AvgIpc) is 2.34. The van der Waals surface area contributed by atoms with E-state index in [-0.39, 0.29) is 11.4 Å². The number of carboxylic acid groups (broad SMARTS) is 1. The molecule has 7 heteroatoms. The van der Waals surface area contributed by atoms with Crippen molar-refractivity contribution in [3.05, 3.63) is 28.6 Å². The molecule has 1 atom stereocenters. The third-order valence-corrected chi connectivity index (χ3v) is 2.47. The number of rotatable bonds is 7. The van der Waals surface area contributed by atoms with E-state index in [4.69, 9.17) is 5.11 Å². The molecule has 1 heterocycles. The number of pyridine rings is 1. The molecular weight excluding hydrogens is 238 g/mol. The molecule has 0 spiro atoms. The molecule has 0 amide bonds. The molecule has 0 aliphatic carbocycles. The average molecular weight is 253 g/mol. The number of hydrogen-bond acceptors (Lipinski definition) is 5. The van der Waals surface area contributed by atoms with Crippen molar-refractivity contribution in [2.45, 2.75) is 32.2 Å². The zero-order chi connectivity index (χ0) is 13.5. The maximum atomic E-state index is 11.0. The topological polar surface area (TPSA) is 105 Å². The minimum Gasteiger partial charge on any atom is -0.480 e. The van der Waals surface area contributed by atoms with Crippen LogP contribution in [0.25, 0.3) is 0 Å². The molecule has 18 heavy (non-hydrogen) atoms. The van der Waals surface area contributed by atoms with E-state index in [0.29, 0.717) is 6.42 Å². The minimum atomic E-state index is -1.02. The Morgan fingerprint density at radius 3 is 2.94 bits per heavy atom. The van der Waals surface area contributed by atoms with Crippen LogP contribution in [0.4, 0.5) is 11.4 Å². The first-order valence-corrected chi connectivity index (χ1v) is 5.64. The maximum Gasteiger partial charge on any atom is 0.326 e. The highest BCUT2D eigenvalue weighted by Crippen LogP contribution is 2.23. The van der Waals surface area contributed by atoms with Crippen LogP contribution in [0, 0.1) is 10.1 Å². The van der Waals surface area contributed by atoms with Crippen LogP contribution < -0.4 is 5.32 Å². The SMILES string of the molecule is CCCCC(Nc1ccncc1[N+](=O)[O-])C(=O)O. The Morgan fingerprint density at radius 1 is 1.67 bits per heavy atom. The van der Waals surface area contributed by atoms with E-state index in [1.54, 1.807) is 0 Å². The van der Waals surface area contributed by atoms with E-state index in [9.17, 15) is 14.9 Å². The van der Waals surface area contributed by atoms with Crippen LogP contribution in [-0.4, -0.2) is 27.0 Å². The number of aromatic nitrogens is 1. The smallest absolute Gasteiger partial charge is 0.326 e. The summed E-state index contributed by atoms with van der Waals surface area (Å²) in [6.45, 7) is 1.95. The van der Waals surface area contributed by atoms with Gasteiger partial charge in [-0.1, -0.05) is 19.8 Å². The van der Waals surface area contributed by atoms with Crippen LogP contribution in [0.2, 0.25) is 0 Å². The van der Waals surface area contributed by atoms with Crippen LogP contribution in [0.1, 0.15) is 26.2 Å². The Kier molecular flexibility index (Phi) is 5.04. The summed E-state index contributed by atoms with van der Waals surface area (Å²) in [5.41, 5.74) is -0.0428. The Hall–Kier alpha value is -2.18. The predicted octanol–water partition coefficient (Wildman–Crippen LogP) is 2.05. The van der Waals surface area contributed by atoms with Crippen LogP contribution >= 0.6 is 0 Å². The van der Waals surface area contributed by atoms with Gasteiger partial charge in [0.15, 0.2) is 0 Å². The minimum absolute atomic E-state index is 0.179. The first kappa shape index (κ1) is 13.9. The van der Waals surface area contributed by atoms with E-state index in [1.807, 2.05) is 6.92 Å². The third-order valence-electron chi connectivity index (χ3n) is 2.47. The fraction of sp³-hybridized carbons (Fsp3) is 0.455. The lowest BCUT2D eigenvalue weighted by molar-refractivity contribution is -0.384. The summed E-state index contributed by atoms with van der Waals surface area (Å²) in [6.07, 6.45) is 4.51. The van der Waals surface area contributed by atoms with Gasteiger partial charge in [-0.2, -0.15) is 0 Å². The van der Waals surface area contributed by atoms with Crippen LogP contribution in [0.5, 0.6) is 0 Å². The van der Waals surface area contributed by atoms with Gasteiger partial charge < -0.3 is 10.4 Å². The fourth-order valence-electron chi connectivity index (χ4n) is 1.51. The van der Waals surface area contributed by atoms with Crippen molar-refractivity contribution in [2.75, 3.05) is 5.32 Å². The third kappa shape index (κ3) is 3.69. The van der Waals surface area contributed by atoms with Gasteiger partial charge in [-0.3, -0.25) is 15.1 Å². The summed E-state index contributed by atoms with van der Waals surface area (Å²) in [7, 11) is 0. The van der Waals surface area contributed by atoms with Gasteiger partial charge in [-0.05, 0) is 12.5 Å². The highest BCUT2D eigenvalue weighted by atomic mass is 16.6. The summed E-state index contributed by atoms with van der Waals surface area (Å²) in [5.74, 6) is -1.02. The number of nitro groups is 1. The van der Waals surface area contributed by atoms with E-state index >= 15 is 0 Å². The molecule has 1 aromatic heterocycles. The lowest BCUT2D eigenvalue weighted by Crippen LogP contribution is -2.29. The number of carboxylic acids is 1. The normalized spacial score (nSPS) is 11.8. The van der Waals surface area contributed by atoms with E-state index in [1.165, 1.54) is 12.3 Å². The molecule has 2 N–H and O–H groups in total. The quantitative estimate of drug-likeness (QED) is 0.569. The molecule has 1 rings (SSSR count). The Bertz CT molecular complexity index is 436. The van der Waals surface area contributed by atoms with Crippen molar-refractivity contribution in [2.24, 2.45) is 0 Å². The second-order valence-electron chi connectivity index (χ2n) is 3.83. The Balaban J connectivity index is 2.86. The molecule has 0 aliphatic heterocycles. The summed E-state index contributed by atoms with van der Waals surface area (Å²) in [4.78, 5) is 24.9. The lowest BCUT2D eigenvalue weighted by atomic mass is 10.1. The van der Waals surface area contributed by atoms with Crippen molar-refractivity contribution in [1.82, 2.24) is 4.98 Å². The maximum absolute atomic E-state index is 11.0. The fourth-order valence-corrected chi connectivity index (χ4v) is 1.51. The van der Waals surface area contributed by atoms with Crippen molar-refractivity contribution in [3.8, 4) is 0 Å². The number of aliphatic carboxylic acids is 1. The molecule has 0 bridgehead atoms. The zero-order valence-corrected chi connectivity index (χ0v) is 10.00. The second kappa shape index (κ2) is 6.53. The number of nitrogens with zero attached hydrogens (tertiary/aromatic N) is 2. The zero-order valence-electron chi connectivity index (χ0n) is 10.00. The molecule has 0 aliphatic rings. The van der Waals surface area contributed by atoms with E-state index in [0.717, 1.165) is 19.0 Å². The standard InChI is InChI=1S/C11H15N3O4/c1-2-3-4-9(11(15)16)13-8-5-6-12-7-10(8)14(17)18/h5-7,9H,2-4H2,1H3,(H,12,13)(H,15,16). The summed E-state index contributed by atoms with van der Waals surface area (Å²) in [5, 5.41) is 22.5. The summed E-state index contributed by atoms with van der Waals surface area (Å²) in [6, 6.07) is 0.575. The van der Waals surface area contributed by atoms with Gasteiger partial charge >= 0.3 is 11.7 Å². The van der Waals surface area contributed by atoms with Crippen LogP contribution in [0.15, 0.2) is 18.5 Å². The van der Waals surface area contributed by atoms with Crippen molar-refractivity contribution >= 4 is 17.3 Å². The molecule has 0 aromatic carbocycles. The number of carbonyl (C=O) groups is 1. The highest BCUT2D eigenvalue weighted by molar-refractivity contribution is 5.78. The number of anilines is 1. The van der Waals surface area contributed by atoms with Gasteiger partial charge in [0.2, 0.25) is 0 Å². The molecule has 1 aromatic rings. The first-order chi connectivity index (χ1) is 8.56. The highest BCUT2D eigenvalue weighted by Gasteiger charge is 2.21. The largest absolute Gasteiger partial charge is 0.480 e. The number of unbranched alkanes of at least 4 members (excludes halogenated alkanes) is 1. The van der Waals surface area contributed by atoms with Gasteiger partial charge in [-0.25, -0.2) is 4.79 Å². The lowest BCUT2D eigenvalue weighted by Gasteiger charge is -2.14. The Labute approximate surface area is 104 Å². The molecule has 0 radical (unpaired) electrons. The van der Waals surface area contributed by atoms with Gasteiger partial charge in [0, 0.05) is 6.20 Å². The molecule has 0 saturated heterocycles. The van der Waals surface area contributed by atoms with Crippen LogP contribution in [-0.2, 0) is 4.79 Å². The van der Waals surface area contributed by atoms with Gasteiger partial charge in [0.1, 0.15) is 17.9 Å². The van der Waals surface area contributed by atoms with Gasteiger partial charge in [-0.15, -0.1) is 0 Å². The molecule has 98 valence electrons. The number of hydrogen-bond donors (Lipinski definition) is 2. The Morgan fingerprint density at radius 2 is 2.39 bits per heavy atom. The first-order valence-electron chi connectivity index (χ1n) is 5.64. The molecule has 7 nitrogen and oxygen atoms in total. The second-order valence-corrected chi connectivity index (χ2v) is 3.83. The van der Waals surface area contributed by atoms with Crippen LogP contribution in [0.3, 0.4) is 0 Å². The molecule has 0 fully saturated rings. The van der Waals surface area contributed by atoms with Crippen molar-refractivity contribution in [3.63, 3.8) is 0 Å². The summed E-state index contributed by atoms with van der Waals surface area (Å²) >= 11 is 0. The van der Waals surface area contributed by atoms with E-state index in [2.05, 4.69) is 10.3 Å². The monoisotopic (exact) mass is 253 g/mol. The van der Waals surface area contributed by atoms with Gasteiger partial charge in [0.25, 0.3) is 0 Å². The van der Waals surface area contributed by atoms with Crippen molar-refractivity contribution in [1.29, 1.82) is 0 Å². The molecule has 1 unspecified atom stereocenters. The van der Waals surface area contributed by atoms with Gasteiger partial charge in [0.05, 0.1) is 4.92 Å². The molecular formula is C11H15N3O4. The van der Waals surface area contributed by atoms with E-state index < -0.39 is 16.9 Å². The number of nitrogens with one attached hydrogen (secondary N) is 1. The molecule has 0 saturated carbocycles.